The fourth-order valence-corrected chi connectivity index (χ4v) is 3.13. The molecule has 0 amide bonds. The molecule has 0 fully saturated rings. The molecule has 0 atom stereocenters. The van der Waals surface area contributed by atoms with E-state index in [1.54, 1.807) is 48.5 Å². The van der Waals surface area contributed by atoms with E-state index < -0.39 is 0 Å². The van der Waals surface area contributed by atoms with E-state index >= 15 is 0 Å². The number of rotatable bonds is 3. The zero-order chi connectivity index (χ0) is 20.1. The molecule has 30 heavy (non-hydrogen) atoms. The number of benzene rings is 2. The van der Waals surface area contributed by atoms with Crippen molar-refractivity contribution in [1.29, 1.82) is 0 Å². The number of hydrogen-bond donors (Lipinski definition) is 0. The van der Waals surface area contributed by atoms with Gasteiger partial charge in [0, 0.05) is 28.2 Å². The first-order valence-corrected chi connectivity index (χ1v) is 9.30. The third kappa shape index (κ3) is 4.41. The van der Waals surface area contributed by atoms with Gasteiger partial charge in [0.05, 0.1) is 11.1 Å². The van der Waals surface area contributed by atoms with Crippen LogP contribution in [0.2, 0.25) is 0 Å². The van der Waals surface area contributed by atoms with Crippen molar-refractivity contribution in [3.05, 3.63) is 131 Å². The molecule has 0 aliphatic rings. The summed E-state index contributed by atoms with van der Waals surface area (Å²) in [5.74, 6) is -0.0103. The van der Waals surface area contributed by atoms with Crippen LogP contribution in [0.1, 0.15) is 15.9 Å². The molecule has 0 unspecified atom stereocenters. The van der Waals surface area contributed by atoms with Gasteiger partial charge in [0.2, 0.25) is 0 Å². The summed E-state index contributed by atoms with van der Waals surface area (Å²) in [6.07, 6.45) is 0. The van der Waals surface area contributed by atoms with Gasteiger partial charge in [0.1, 0.15) is 5.58 Å². The van der Waals surface area contributed by atoms with Crippen molar-refractivity contribution in [1.82, 2.24) is 0 Å². The summed E-state index contributed by atoms with van der Waals surface area (Å²) in [7, 11) is 0. The number of para-hydroxylation sites is 1. The molecule has 1 heterocycles. The predicted molar refractivity (Wildman–Crippen MR) is 115 cm³/mol. The largest absolute Gasteiger partial charge is 0.748 e. The Bertz CT molecular complexity index is 1250. The average Bonchev–Trinajstić information content (AvgIpc) is 3.51. The molecule has 1 aromatic heterocycles. The standard InChI is InChI=1S/C21H13O3.C5H5.Fe/c22-19(14-8-2-1-3-9-14)18-20(23)16-12-6-7-13-17(16)24-21(18)15-10-4-5-11-15;1-2-4-5-3-1;/h1-13H;1-5H;/q-1;-5;. The minimum absolute atomic E-state index is 0. The molecule has 5 aromatic rings. The van der Waals surface area contributed by atoms with E-state index in [9.17, 15) is 9.59 Å². The van der Waals surface area contributed by atoms with Crippen molar-refractivity contribution >= 4 is 16.8 Å². The Morgan fingerprint density at radius 3 is 1.97 bits per heavy atom. The quantitative estimate of drug-likeness (QED) is 0.205. The van der Waals surface area contributed by atoms with Gasteiger partial charge < -0.3 is 34.7 Å². The van der Waals surface area contributed by atoms with E-state index in [0.717, 1.165) is 5.56 Å². The van der Waals surface area contributed by atoms with Crippen LogP contribution in [-0.2, 0) is 17.1 Å². The minimum Gasteiger partial charge on any atom is -0.748 e. The van der Waals surface area contributed by atoms with Crippen molar-refractivity contribution in [3.63, 3.8) is 0 Å². The van der Waals surface area contributed by atoms with Crippen molar-refractivity contribution in [2.75, 3.05) is 0 Å². The SMILES string of the molecule is O=C(c1ccccc1)c1c(-[c-]2cccc2)oc2ccccc2c1=O.[Fe].[cH-]1[cH-][cH-][cH-][cH-]1. The first kappa shape index (κ1) is 21.3. The molecule has 0 aliphatic heterocycles. The van der Waals surface area contributed by atoms with Gasteiger partial charge in [-0.05, 0) is 12.1 Å². The van der Waals surface area contributed by atoms with Crippen LogP contribution in [0.3, 0.4) is 0 Å². The van der Waals surface area contributed by atoms with Gasteiger partial charge in [-0.1, -0.05) is 48.0 Å². The number of hydrogen-bond acceptors (Lipinski definition) is 3. The summed E-state index contributed by atoms with van der Waals surface area (Å²) >= 11 is 0. The molecule has 0 N–H and O–H groups in total. The Hall–Kier alpha value is -3.46. The molecular weight excluding hydrogens is 416 g/mol. The van der Waals surface area contributed by atoms with E-state index in [4.69, 9.17) is 4.42 Å². The van der Waals surface area contributed by atoms with Gasteiger partial charge in [-0.2, -0.15) is 12.1 Å². The molecule has 0 saturated heterocycles. The third-order valence-corrected chi connectivity index (χ3v) is 4.54. The van der Waals surface area contributed by atoms with Crippen LogP contribution in [0.5, 0.6) is 0 Å². The van der Waals surface area contributed by atoms with Crippen LogP contribution in [-0.4, -0.2) is 5.78 Å². The molecule has 0 bridgehead atoms. The average molecular weight is 434 g/mol. The van der Waals surface area contributed by atoms with Gasteiger partial charge in [0.25, 0.3) is 0 Å². The van der Waals surface area contributed by atoms with Gasteiger partial charge in [-0.3, -0.25) is 9.59 Å². The summed E-state index contributed by atoms with van der Waals surface area (Å²) < 4.78 is 5.94. The summed E-state index contributed by atoms with van der Waals surface area (Å²) in [5, 5.41) is 0.409. The Kier molecular flexibility index (Phi) is 6.97. The summed E-state index contributed by atoms with van der Waals surface area (Å²) in [6.45, 7) is 0. The maximum absolute atomic E-state index is 13.0. The maximum Gasteiger partial charge on any atom is 0.164 e. The normalized spacial score (nSPS) is 10.0. The number of ketones is 1. The molecule has 0 radical (unpaired) electrons. The Morgan fingerprint density at radius 2 is 1.33 bits per heavy atom. The van der Waals surface area contributed by atoms with Gasteiger partial charge >= 0.3 is 0 Å². The molecule has 0 spiro atoms. The van der Waals surface area contributed by atoms with Crippen molar-refractivity contribution in [2.45, 2.75) is 0 Å². The molecule has 154 valence electrons. The molecule has 0 aliphatic carbocycles. The molecule has 4 heteroatoms. The molecule has 5 rings (SSSR count). The fraction of sp³-hybridized carbons (Fsp3) is 0. The van der Waals surface area contributed by atoms with E-state index in [1.165, 1.54) is 0 Å². The van der Waals surface area contributed by atoms with Gasteiger partial charge in [-0.15, -0.1) is 12.1 Å². The molecule has 3 nitrogen and oxygen atoms in total. The first-order valence-electron chi connectivity index (χ1n) is 9.30. The Morgan fingerprint density at radius 1 is 0.767 bits per heavy atom. The summed E-state index contributed by atoms with van der Waals surface area (Å²) in [4.78, 5) is 25.9. The summed E-state index contributed by atoms with van der Waals surface area (Å²) in [5.41, 5.74) is 1.43. The smallest absolute Gasteiger partial charge is 0.164 e. The molecule has 4 aromatic carbocycles. The monoisotopic (exact) mass is 434 g/mol. The topological polar surface area (TPSA) is 47.3 Å². The van der Waals surface area contributed by atoms with Gasteiger partial charge in [0.15, 0.2) is 11.2 Å². The van der Waals surface area contributed by atoms with Crippen LogP contribution >= 0.6 is 0 Å². The van der Waals surface area contributed by atoms with Crippen LogP contribution < -0.4 is 5.43 Å². The Labute approximate surface area is 184 Å². The zero-order valence-electron chi connectivity index (χ0n) is 16.0. The van der Waals surface area contributed by atoms with Crippen molar-refractivity contribution in [3.8, 4) is 11.3 Å². The summed E-state index contributed by atoms with van der Waals surface area (Å²) in [6, 6.07) is 33.1. The van der Waals surface area contributed by atoms with Gasteiger partial charge in [-0.25, -0.2) is 0 Å². The number of carbonyl (C=O) groups is 1. The van der Waals surface area contributed by atoms with Crippen molar-refractivity contribution < 1.29 is 26.3 Å². The second-order valence-electron chi connectivity index (χ2n) is 6.46. The second-order valence-corrected chi connectivity index (χ2v) is 6.46. The third-order valence-electron chi connectivity index (χ3n) is 4.54. The van der Waals surface area contributed by atoms with E-state index in [2.05, 4.69) is 0 Å². The predicted octanol–water partition coefficient (Wildman–Crippen LogP) is 5.81. The van der Waals surface area contributed by atoms with Crippen LogP contribution in [0.25, 0.3) is 22.3 Å². The van der Waals surface area contributed by atoms with E-state index in [1.807, 2.05) is 60.7 Å². The zero-order valence-corrected chi connectivity index (χ0v) is 17.1. The van der Waals surface area contributed by atoms with Crippen molar-refractivity contribution in [2.24, 2.45) is 0 Å². The number of carbonyl (C=O) groups excluding carboxylic acids is 1. The fourth-order valence-electron chi connectivity index (χ4n) is 3.13. The Balaban J connectivity index is 0.000000376. The molecule has 0 saturated carbocycles. The molecular formula is C26H18FeO3-6. The van der Waals surface area contributed by atoms with Crippen LogP contribution in [0, 0.1) is 0 Å². The minimum atomic E-state index is -0.327. The van der Waals surface area contributed by atoms with E-state index in [0.29, 0.717) is 22.3 Å². The van der Waals surface area contributed by atoms with Crippen LogP contribution in [0.15, 0.2) is 118 Å². The van der Waals surface area contributed by atoms with E-state index in [-0.39, 0.29) is 33.8 Å². The second kappa shape index (κ2) is 9.84. The number of fused-ring (bicyclic) bond motifs is 1. The maximum atomic E-state index is 13.0. The first-order chi connectivity index (χ1) is 14.3. The van der Waals surface area contributed by atoms with Crippen LogP contribution in [0.4, 0.5) is 0 Å².